The molecule has 2 aromatic rings. The largest absolute Gasteiger partial charge is 0.444 e. The van der Waals surface area contributed by atoms with Crippen LogP contribution in [0, 0.1) is 5.41 Å². The Balaban J connectivity index is 1.48. The van der Waals surface area contributed by atoms with E-state index in [1.807, 2.05) is 31.7 Å². The highest BCUT2D eigenvalue weighted by molar-refractivity contribution is 6.05. The maximum Gasteiger partial charge on any atom is 0.410 e. The van der Waals surface area contributed by atoms with Gasteiger partial charge in [0.05, 0.1) is 5.52 Å². The second-order valence-corrected chi connectivity index (χ2v) is 9.65. The van der Waals surface area contributed by atoms with Crippen molar-refractivity contribution in [2.24, 2.45) is 5.73 Å². The van der Waals surface area contributed by atoms with E-state index in [1.165, 1.54) is 6.08 Å². The van der Waals surface area contributed by atoms with Gasteiger partial charge in [-0.3, -0.25) is 5.41 Å². The molecule has 10 nitrogen and oxygen atoms in total. The lowest BCUT2D eigenvalue weighted by Gasteiger charge is -2.39. The maximum absolute atomic E-state index is 12.7. The molecule has 3 atom stereocenters. The van der Waals surface area contributed by atoms with Crippen LogP contribution >= 0.6 is 0 Å². The number of nitrogens with one attached hydrogen (secondary N) is 4. The summed E-state index contributed by atoms with van der Waals surface area (Å²) in [5.41, 5.74) is 7.19. The Kier molecular flexibility index (Phi) is 5.70. The molecule has 0 aromatic carbocycles. The van der Waals surface area contributed by atoms with E-state index in [0.717, 1.165) is 36.7 Å². The fraction of sp³-hybridized carbons (Fsp3) is 0.545. The SMILES string of the molecule is C/C(N)=C/C(=N)Nc1nc(N[C@@H]2C[C@H]3CC[C@@H](C2)N3C(=O)OC(C)(C)C)nc2cc[nH]c12. The number of aromatic amines is 1. The number of carbonyl (C=O) groups is 1. The summed E-state index contributed by atoms with van der Waals surface area (Å²) in [5, 5.41) is 14.5. The molecular formula is C22H32N8O2. The van der Waals surface area contributed by atoms with Crippen LogP contribution in [0.25, 0.3) is 11.0 Å². The van der Waals surface area contributed by atoms with E-state index >= 15 is 0 Å². The van der Waals surface area contributed by atoms with Crippen molar-refractivity contribution in [2.75, 3.05) is 10.6 Å². The average molecular weight is 441 g/mol. The van der Waals surface area contributed by atoms with Crippen LogP contribution in [0.1, 0.15) is 53.4 Å². The minimum atomic E-state index is -0.500. The molecule has 2 fully saturated rings. The Labute approximate surface area is 187 Å². The van der Waals surface area contributed by atoms with Gasteiger partial charge in [-0.25, -0.2) is 9.78 Å². The third-order valence-corrected chi connectivity index (χ3v) is 5.70. The molecule has 2 bridgehead atoms. The number of allylic oxidation sites excluding steroid dienone is 1. The number of hydrogen-bond donors (Lipinski definition) is 5. The molecule has 2 aliphatic heterocycles. The summed E-state index contributed by atoms with van der Waals surface area (Å²) in [5.74, 6) is 1.16. The van der Waals surface area contributed by atoms with Crippen LogP contribution in [0.15, 0.2) is 24.0 Å². The monoisotopic (exact) mass is 440 g/mol. The van der Waals surface area contributed by atoms with Crippen molar-refractivity contribution in [2.45, 2.75) is 77.1 Å². The highest BCUT2D eigenvalue weighted by atomic mass is 16.6. The van der Waals surface area contributed by atoms with Crippen LogP contribution in [0.5, 0.6) is 0 Å². The Bertz CT molecular complexity index is 1040. The van der Waals surface area contributed by atoms with Gasteiger partial charge in [-0.2, -0.15) is 4.98 Å². The second-order valence-electron chi connectivity index (χ2n) is 9.65. The summed E-state index contributed by atoms with van der Waals surface area (Å²) in [7, 11) is 0. The Morgan fingerprint density at radius 3 is 2.62 bits per heavy atom. The van der Waals surface area contributed by atoms with E-state index in [1.54, 1.807) is 13.1 Å². The number of carbonyl (C=O) groups excluding carboxylic acids is 1. The minimum Gasteiger partial charge on any atom is -0.444 e. The maximum atomic E-state index is 12.7. The van der Waals surface area contributed by atoms with Crippen molar-refractivity contribution >= 4 is 34.7 Å². The van der Waals surface area contributed by atoms with Crippen LogP contribution in [-0.2, 0) is 4.74 Å². The number of nitrogens with two attached hydrogens (primary N) is 1. The van der Waals surface area contributed by atoms with Crippen LogP contribution in [-0.4, -0.2) is 55.5 Å². The number of nitrogens with zero attached hydrogens (tertiary/aromatic N) is 3. The molecule has 0 aliphatic carbocycles. The van der Waals surface area contributed by atoms with Crippen molar-refractivity contribution in [3.8, 4) is 0 Å². The minimum absolute atomic E-state index is 0.147. The number of rotatable bonds is 4. The third-order valence-electron chi connectivity index (χ3n) is 5.70. The summed E-state index contributed by atoms with van der Waals surface area (Å²) in [6.45, 7) is 7.41. The standard InChI is InChI=1S/C22H32N8O2/c1-12(23)9-17(24)28-19-18-16(7-8-25-18)27-20(29-19)26-13-10-14-5-6-15(11-13)30(14)21(31)32-22(2,3)4/h7-9,13-15,25H,5-6,10-11,23H2,1-4H3,(H3,24,26,27,28,29)/b12-9-/t13-,14-,15+. The van der Waals surface area contributed by atoms with Crippen LogP contribution in [0.4, 0.5) is 16.6 Å². The molecule has 0 unspecified atom stereocenters. The van der Waals surface area contributed by atoms with Crippen molar-refractivity contribution in [3.05, 3.63) is 24.0 Å². The number of amidine groups is 1. The Morgan fingerprint density at radius 1 is 1.31 bits per heavy atom. The smallest absolute Gasteiger partial charge is 0.410 e. The van der Waals surface area contributed by atoms with E-state index in [0.29, 0.717) is 17.5 Å². The van der Waals surface area contributed by atoms with Gasteiger partial charge in [0, 0.05) is 30.0 Å². The molecule has 2 aliphatic rings. The number of hydrogen-bond acceptors (Lipinski definition) is 7. The van der Waals surface area contributed by atoms with E-state index in [-0.39, 0.29) is 30.1 Å². The third kappa shape index (κ3) is 4.79. The topological polar surface area (TPSA) is 145 Å². The lowest BCUT2D eigenvalue weighted by atomic mass is 9.98. The van der Waals surface area contributed by atoms with Gasteiger partial charge >= 0.3 is 6.09 Å². The second kappa shape index (κ2) is 8.33. The van der Waals surface area contributed by atoms with Crippen LogP contribution < -0.4 is 16.4 Å². The fourth-order valence-electron chi connectivity index (χ4n) is 4.58. The van der Waals surface area contributed by atoms with Crippen molar-refractivity contribution < 1.29 is 9.53 Å². The van der Waals surface area contributed by atoms with Gasteiger partial charge < -0.3 is 31.0 Å². The van der Waals surface area contributed by atoms with Gasteiger partial charge in [-0.1, -0.05) is 0 Å². The zero-order valence-electron chi connectivity index (χ0n) is 19.0. The molecule has 32 heavy (non-hydrogen) atoms. The van der Waals surface area contributed by atoms with E-state index in [4.69, 9.17) is 15.9 Å². The Hall–Kier alpha value is -3.30. The summed E-state index contributed by atoms with van der Waals surface area (Å²) >= 11 is 0. The number of amides is 1. The predicted octanol–water partition coefficient (Wildman–Crippen LogP) is 3.55. The molecule has 2 aromatic heterocycles. The highest BCUT2D eigenvalue weighted by Gasteiger charge is 2.45. The fourth-order valence-corrected chi connectivity index (χ4v) is 4.58. The molecular weight excluding hydrogens is 408 g/mol. The normalized spacial score (nSPS) is 23.3. The molecule has 4 heterocycles. The quantitative estimate of drug-likeness (QED) is 0.361. The van der Waals surface area contributed by atoms with E-state index in [9.17, 15) is 4.79 Å². The van der Waals surface area contributed by atoms with E-state index < -0.39 is 5.60 Å². The van der Waals surface area contributed by atoms with Crippen molar-refractivity contribution in [3.63, 3.8) is 0 Å². The summed E-state index contributed by atoms with van der Waals surface area (Å²) < 4.78 is 5.63. The molecule has 1 amide bonds. The molecule has 6 N–H and O–H groups in total. The molecule has 4 rings (SSSR count). The highest BCUT2D eigenvalue weighted by Crippen LogP contribution is 2.37. The molecule has 2 saturated heterocycles. The number of H-pyrrole nitrogens is 1. The summed E-state index contributed by atoms with van der Waals surface area (Å²) in [6.07, 6.45) is 6.70. The number of anilines is 2. The summed E-state index contributed by atoms with van der Waals surface area (Å²) in [6, 6.07) is 2.33. The summed E-state index contributed by atoms with van der Waals surface area (Å²) in [4.78, 5) is 27.0. The van der Waals surface area contributed by atoms with Gasteiger partial charge in [-0.15, -0.1) is 0 Å². The number of fused-ring (bicyclic) bond motifs is 3. The molecule has 0 spiro atoms. The van der Waals surface area contributed by atoms with E-state index in [2.05, 4.69) is 25.6 Å². The zero-order valence-corrected chi connectivity index (χ0v) is 19.0. The molecule has 10 heteroatoms. The van der Waals surface area contributed by atoms with Gasteiger partial charge in [0.2, 0.25) is 5.95 Å². The first kappa shape index (κ1) is 21.9. The zero-order chi connectivity index (χ0) is 23.0. The van der Waals surface area contributed by atoms with Gasteiger partial charge in [0.15, 0.2) is 5.82 Å². The van der Waals surface area contributed by atoms with Crippen LogP contribution in [0.3, 0.4) is 0 Å². The van der Waals surface area contributed by atoms with Gasteiger partial charge in [0.1, 0.15) is 17.0 Å². The molecule has 0 radical (unpaired) electrons. The lowest BCUT2D eigenvalue weighted by Crippen LogP contribution is -2.51. The number of ether oxygens (including phenoxy) is 1. The first-order valence-corrected chi connectivity index (χ1v) is 11.0. The number of piperidine rings is 1. The average Bonchev–Trinajstić information content (AvgIpc) is 3.22. The molecule has 0 saturated carbocycles. The Morgan fingerprint density at radius 2 is 2.00 bits per heavy atom. The van der Waals surface area contributed by atoms with Gasteiger partial charge in [0.25, 0.3) is 0 Å². The number of aromatic nitrogens is 3. The first-order chi connectivity index (χ1) is 15.1. The van der Waals surface area contributed by atoms with Crippen molar-refractivity contribution in [1.82, 2.24) is 19.9 Å². The molecule has 172 valence electrons. The predicted molar refractivity (Wildman–Crippen MR) is 125 cm³/mol. The first-order valence-electron chi connectivity index (χ1n) is 11.0. The lowest BCUT2D eigenvalue weighted by molar-refractivity contribution is 0.00682. The van der Waals surface area contributed by atoms with Crippen molar-refractivity contribution in [1.29, 1.82) is 5.41 Å². The van der Waals surface area contributed by atoms with Crippen LogP contribution in [0.2, 0.25) is 0 Å². The van der Waals surface area contributed by atoms with Gasteiger partial charge in [-0.05, 0) is 65.5 Å².